The molecule has 2 saturated carbocycles. The van der Waals surface area contributed by atoms with E-state index in [0.29, 0.717) is 44.1 Å². The predicted octanol–water partition coefficient (Wildman–Crippen LogP) is 1.93. The van der Waals surface area contributed by atoms with Gasteiger partial charge in [0.25, 0.3) is 5.56 Å². The highest BCUT2D eigenvalue weighted by atomic mass is 16.3. The third kappa shape index (κ3) is 5.96. The van der Waals surface area contributed by atoms with Gasteiger partial charge < -0.3 is 20.2 Å². The Bertz CT molecular complexity index is 868. The van der Waals surface area contributed by atoms with Crippen molar-refractivity contribution in [3.05, 3.63) is 22.7 Å². The van der Waals surface area contributed by atoms with Crippen molar-refractivity contribution < 1.29 is 9.90 Å². The van der Waals surface area contributed by atoms with Crippen molar-refractivity contribution in [1.82, 2.24) is 19.4 Å². The minimum Gasteiger partial charge on any atom is -0.388 e. The molecule has 182 valence electrons. The zero-order valence-corrected chi connectivity index (χ0v) is 19.8. The second kappa shape index (κ2) is 9.74. The summed E-state index contributed by atoms with van der Waals surface area (Å²) in [6.07, 6.45) is 10.9. The van der Waals surface area contributed by atoms with E-state index < -0.39 is 5.60 Å². The number of nitrogens with zero attached hydrogens (tertiary/aromatic N) is 4. The number of hydrogen-bond acceptors (Lipinski definition) is 6. The summed E-state index contributed by atoms with van der Waals surface area (Å²) in [6.45, 7) is 5.39. The molecule has 4 aliphatic rings. The molecule has 8 heteroatoms. The molecule has 1 amide bonds. The van der Waals surface area contributed by atoms with Crippen LogP contribution < -0.4 is 10.9 Å². The lowest BCUT2D eigenvalue weighted by molar-refractivity contribution is -0.137. The van der Waals surface area contributed by atoms with Crippen LogP contribution in [-0.2, 0) is 11.3 Å². The minimum atomic E-state index is -0.973. The Balaban J connectivity index is 1.09. The summed E-state index contributed by atoms with van der Waals surface area (Å²) in [6, 6.07) is 1.52. The Hall–Kier alpha value is -1.93. The summed E-state index contributed by atoms with van der Waals surface area (Å²) in [5.74, 6) is 2.98. The van der Waals surface area contributed by atoms with Gasteiger partial charge in [0.05, 0.1) is 18.5 Å². The largest absolute Gasteiger partial charge is 0.388 e. The second-order valence-electron chi connectivity index (χ2n) is 10.9. The Morgan fingerprint density at radius 3 is 2.39 bits per heavy atom. The van der Waals surface area contributed by atoms with Gasteiger partial charge in [0.2, 0.25) is 5.91 Å². The van der Waals surface area contributed by atoms with Crippen molar-refractivity contribution in [2.75, 3.05) is 44.6 Å². The van der Waals surface area contributed by atoms with Crippen molar-refractivity contribution in [2.24, 2.45) is 17.8 Å². The molecule has 0 atom stereocenters. The topological polar surface area (TPSA) is 90.7 Å². The van der Waals surface area contributed by atoms with Crippen molar-refractivity contribution in [1.29, 1.82) is 0 Å². The van der Waals surface area contributed by atoms with Crippen LogP contribution in [-0.4, -0.2) is 75.2 Å². The fourth-order valence-electron chi connectivity index (χ4n) is 5.73. The van der Waals surface area contributed by atoms with Crippen LogP contribution in [0.3, 0.4) is 0 Å². The van der Waals surface area contributed by atoms with Crippen molar-refractivity contribution in [2.45, 2.75) is 69.9 Å². The molecule has 2 N–H and O–H groups in total. The van der Waals surface area contributed by atoms with E-state index in [-0.39, 0.29) is 18.0 Å². The van der Waals surface area contributed by atoms with E-state index in [1.54, 1.807) is 0 Å². The average Bonchev–Trinajstić information content (AvgIpc) is 3.74. The second-order valence-corrected chi connectivity index (χ2v) is 10.9. The number of rotatable bonds is 10. The number of hydrogen-bond donors (Lipinski definition) is 2. The Kier molecular flexibility index (Phi) is 6.74. The maximum Gasteiger partial charge on any atom is 0.255 e. The van der Waals surface area contributed by atoms with E-state index in [4.69, 9.17) is 0 Å². The molecule has 1 aromatic rings. The standard InChI is InChI=1S/C25H39N5O3/c31-23(15-21(19-3-4-19)20-5-6-20)29-12-7-25(33,8-13-29)17-30-18-27-22(16-24(30)32)26-9-14-28-10-1-2-11-28/h16,18-21,26,33H,1-15,17H2. The molecule has 33 heavy (non-hydrogen) atoms. The van der Waals surface area contributed by atoms with E-state index in [0.717, 1.165) is 38.0 Å². The van der Waals surface area contributed by atoms with Crippen LogP contribution in [0, 0.1) is 17.8 Å². The number of piperidine rings is 1. The molecular formula is C25H39N5O3. The van der Waals surface area contributed by atoms with Crippen LogP contribution in [0.15, 0.2) is 17.2 Å². The number of aromatic nitrogens is 2. The van der Waals surface area contributed by atoms with Gasteiger partial charge >= 0.3 is 0 Å². The lowest BCUT2D eigenvalue weighted by Crippen LogP contribution is -2.50. The van der Waals surface area contributed by atoms with Gasteiger partial charge in [0.1, 0.15) is 5.82 Å². The van der Waals surface area contributed by atoms with Crippen molar-refractivity contribution in [3.63, 3.8) is 0 Å². The van der Waals surface area contributed by atoms with E-state index >= 15 is 0 Å². The highest BCUT2D eigenvalue weighted by molar-refractivity contribution is 5.76. The molecule has 1 aromatic heterocycles. The SMILES string of the molecule is O=C(CC(C1CC1)C1CC1)N1CCC(O)(Cn2cnc(NCCN3CCCC3)cc2=O)CC1. The molecule has 0 aromatic carbocycles. The number of aliphatic hydroxyl groups is 1. The molecule has 4 fully saturated rings. The maximum atomic E-state index is 12.9. The van der Waals surface area contributed by atoms with Crippen LogP contribution in [0.1, 0.15) is 57.8 Å². The highest BCUT2D eigenvalue weighted by Crippen LogP contribution is 2.50. The Morgan fingerprint density at radius 1 is 1.12 bits per heavy atom. The molecule has 2 aliphatic carbocycles. The number of likely N-dealkylation sites (tertiary alicyclic amines) is 2. The highest BCUT2D eigenvalue weighted by Gasteiger charge is 2.43. The van der Waals surface area contributed by atoms with Crippen LogP contribution in [0.4, 0.5) is 5.82 Å². The van der Waals surface area contributed by atoms with Gasteiger partial charge in [0.15, 0.2) is 0 Å². The number of anilines is 1. The van der Waals surface area contributed by atoms with E-state index in [2.05, 4.69) is 15.2 Å². The summed E-state index contributed by atoms with van der Waals surface area (Å²) in [4.78, 5) is 34.2. The van der Waals surface area contributed by atoms with Gasteiger partial charge in [-0.05, 0) is 82.2 Å². The average molecular weight is 458 g/mol. The summed E-state index contributed by atoms with van der Waals surface area (Å²) in [5, 5.41) is 14.4. The van der Waals surface area contributed by atoms with Gasteiger partial charge in [-0.1, -0.05) is 0 Å². The van der Waals surface area contributed by atoms with Crippen molar-refractivity contribution >= 4 is 11.7 Å². The first kappa shape index (κ1) is 22.8. The van der Waals surface area contributed by atoms with Crippen LogP contribution >= 0.6 is 0 Å². The Morgan fingerprint density at radius 2 is 1.79 bits per heavy atom. The lowest BCUT2D eigenvalue weighted by atomic mass is 9.89. The smallest absolute Gasteiger partial charge is 0.255 e. The van der Waals surface area contributed by atoms with E-state index in [1.807, 2.05) is 4.90 Å². The van der Waals surface area contributed by atoms with Crippen molar-refractivity contribution in [3.8, 4) is 0 Å². The molecule has 0 radical (unpaired) electrons. The van der Waals surface area contributed by atoms with Gasteiger partial charge in [0, 0.05) is 38.7 Å². The van der Waals surface area contributed by atoms with E-state index in [1.165, 1.54) is 55.5 Å². The normalized spacial score (nSPS) is 23.3. The van der Waals surface area contributed by atoms with Crippen LogP contribution in [0.25, 0.3) is 0 Å². The zero-order chi connectivity index (χ0) is 22.8. The summed E-state index contributed by atoms with van der Waals surface area (Å²) < 4.78 is 1.50. The Labute approximate surface area is 196 Å². The number of amides is 1. The monoisotopic (exact) mass is 457 g/mol. The minimum absolute atomic E-state index is 0.155. The van der Waals surface area contributed by atoms with Gasteiger partial charge in [-0.25, -0.2) is 4.98 Å². The number of carbonyl (C=O) groups excluding carboxylic acids is 1. The fraction of sp³-hybridized carbons (Fsp3) is 0.800. The first-order valence-corrected chi connectivity index (χ1v) is 13.0. The van der Waals surface area contributed by atoms with Crippen LogP contribution in [0.2, 0.25) is 0 Å². The van der Waals surface area contributed by atoms with Gasteiger partial charge in [-0.15, -0.1) is 0 Å². The maximum absolute atomic E-state index is 12.9. The predicted molar refractivity (Wildman–Crippen MR) is 127 cm³/mol. The van der Waals surface area contributed by atoms with E-state index in [9.17, 15) is 14.7 Å². The molecule has 8 nitrogen and oxygen atoms in total. The molecule has 3 heterocycles. The molecule has 2 aliphatic heterocycles. The third-order valence-corrected chi connectivity index (χ3v) is 8.19. The molecule has 0 spiro atoms. The summed E-state index contributed by atoms with van der Waals surface area (Å²) >= 11 is 0. The zero-order valence-electron chi connectivity index (χ0n) is 19.8. The molecule has 2 saturated heterocycles. The lowest BCUT2D eigenvalue weighted by Gasteiger charge is -2.39. The molecule has 0 bridgehead atoms. The summed E-state index contributed by atoms with van der Waals surface area (Å²) in [5.41, 5.74) is -1.13. The first-order valence-electron chi connectivity index (χ1n) is 13.0. The first-order chi connectivity index (χ1) is 16.0. The summed E-state index contributed by atoms with van der Waals surface area (Å²) in [7, 11) is 0. The van der Waals surface area contributed by atoms with Gasteiger partial charge in [-0.3, -0.25) is 14.2 Å². The molecule has 0 unspecified atom stereocenters. The fourth-order valence-corrected chi connectivity index (χ4v) is 5.73. The molecular weight excluding hydrogens is 418 g/mol. The number of carbonyl (C=O) groups is 1. The molecule has 5 rings (SSSR count). The van der Waals surface area contributed by atoms with Gasteiger partial charge in [-0.2, -0.15) is 0 Å². The number of nitrogens with one attached hydrogen (secondary N) is 1. The quantitative estimate of drug-likeness (QED) is 0.558. The van der Waals surface area contributed by atoms with Crippen LogP contribution in [0.5, 0.6) is 0 Å². The third-order valence-electron chi connectivity index (χ3n) is 8.19.